The Kier molecular flexibility index (Phi) is 4.22. The number of hydrogen-bond donors (Lipinski definition) is 2. The topological polar surface area (TPSA) is 37.0 Å². The normalized spacial score (nSPS) is 10.9. The van der Waals surface area contributed by atoms with Crippen LogP contribution >= 0.6 is 0 Å². The van der Waals surface area contributed by atoms with Gasteiger partial charge in [0.25, 0.3) is 0 Å². The van der Waals surface area contributed by atoms with Crippen molar-refractivity contribution in [1.82, 2.24) is 10.3 Å². The predicted molar refractivity (Wildman–Crippen MR) is 86.7 cm³/mol. The molecule has 3 heteroatoms. The van der Waals surface area contributed by atoms with Gasteiger partial charge in [0.1, 0.15) is 5.75 Å². The predicted octanol–water partition coefficient (Wildman–Crippen LogP) is 3.51. The van der Waals surface area contributed by atoms with Crippen LogP contribution in [-0.4, -0.2) is 18.6 Å². The van der Waals surface area contributed by atoms with Crippen molar-refractivity contribution in [2.45, 2.75) is 13.0 Å². The highest BCUT2D eigenvalue weighted by Crippen LogP contribution is 2.18. The summed E-state index contributed by atoms with van der Waals surface area (Å²) in [6.07, 6.45) is 2.95. The number of aromatic amines is 1. The summed E-state index contributed by atoms with van der Waals surface area (Å²) >= 11 is 0. The van der Waals surface area contributed by atoms with E-state index in [-0.39, 0.29) is 0 Å². The summed E-state index contributed by atoms with van der Waals surface area (Å²) in [5, 5.41) is 4.81. The third-order valence-electron chi connectivity index (χ3n) is 3.76. The van der Waals surface area contributed by atoms with Gasteiger partial charge in [0, 0.05) is 23.6 Å². The summed E-state index contributed by atoms with van der Waals surface area (Å²) < 4.78 is 5.38. The number of hydrogen-bond acceptors (Lipinski definition) is 2. The molecule has 0 saturated heterocycles. The van der Waals surface area contributed by atoms with Gasteiger partial charge in [0.2, 0.25) is 0 Å². The van der Waals surface area contributed by atoms with Gasteiger partial charge in [-0.1, -0.05) is 30.3 Å². The van der Waals surface area contributed by atoms with Crippen LogP contribution in [0.4, 0.5) is 0 Å². The number of benzene rings is 2. The van der Waals surface area contributed by atoms with Crippen molar-refractivity contribution >= 4 is 10.9 Å². The molecule has 21 heavy (non-hydrogen) atoms. The fourth-order valence-corrected chi connectivity index (χ4v) is 2.66. The van der Waals surface area contributed by atoms with E-state index in [1.54, 1.807) is 7.11 Å². The Morgan fingerprint density at radius 3 is 2.76 bits per heavy atom. The second-order valence-corrected chi connectivity index (χ2v) is 5.09. The molecule has 2 N–H and O–H groups in total. The summed E-state index contributed by atoms with van der Waals surface area (Å²) in [6, 6.07) is 16.7. The molecule has 0 atom stereocenters. The first kappa shape index (κ1) is 13.7. The average Bonchev–Trinajstić information content (AvgIpc) is 3.01. The van der Waals surface area contributed by atoms with E-state index < -0.39 is 0 Å². The van der Waals surface area contributed by atoms with E-state index in [0.717, 1.165) is 25.3 Å². The maximum Gasteiger partial charge on any atom is 0.122 e. The molecule has 0 spiro atoms. The number of methoxy groups -OCH3 is 1. The third-order valence-corrected chi connectivity index (χ3v) is 3.76. The molecule has 1 aromatic heterocycles. The smallest absolute Gasteiger partial charge is 0.122 e. The Labute approximate surface area is 125 Å². The number of aromatic nitrogens is 1. The minimum Gasteiger partial charge on any atom is -0.496 e. The van der Waals surface area contributed by atoms with E-state index in [1.807, 2.05) is 18.3 Å². The first-order chi connectivity index (χ1) is 10.4. The van der Waals surface area contributed by atoms with Crippen molar-refractivity contribution < 1.29 is 4.74 Å². The number of ether oxygens (including phenoxy) is 1. The minimum atomic E-state index is 0.879. The third kappa shape index (κ3) is 3.09. The molecule has 0 radical (unpaired) electrons. The molecule has 0 amide bonds. The summed E-state index contributed by atoms with van der Waals surface area (Å²) in [7, 11) is 1.72. The summed E-state index contributed by atoms with van der Waals surface area (Å²) in [5.41, 5.74) is 3.76. The van der Waals surface area contributed by atoms with Crippen LogP contribution in [0.25, 0.3) is 10.9 Å². The van der Waals surface area contributed by atoms with E-state index in [0.29, 0.717) is 0 Å². The second kappa shape index (κ2) is 6.46. The zero-order valence-electron chi connectivity index (χ0n) is 12.2. The second-order valence-electron chi connectivity index (χ2n) is 5.09. The highest BCUT2D eigenvalue weighted by molar-refractivity contribution is 5.82. The Morgan fingerprint density at radius 1 is 1.00 bits per heavy atom. The molecule has 0 aliphatic carbocycles. The van der Waals surface area contributed by atoms with Gasteiger partial charge in [-0.3, -0.25) is 0 Å². The van der Waals surface area contributed by atoms with Crippen molar-refractivity contribution in [3.8, 4) is 5.75 Å². The Morgan fingerprint density at radius 2 is 1.86 bits per heavy atom. The lowest BCUT2D eigenvalue weighted by Gasteiger charge is -2.09. The molecule has 0 aliphatic heterocycles. The Bertz CT molecular complexity index is 718. The van der Waals surface area contributed by atoms with E-state index in [1.165, 1.54) is 22.0 Å². The fraction of sp³-hybridized carbons (Fsp3) is 0.222. The van der Waals surface area contributed by atoms with Gasteiger partial charge in [-0.25, -0.2) is 0 Å². The fourth-order valence-electron chi connectivity index (χ4n) is 2.66. The summed E-state index contributed by atoms with van der Waals surface area (Å²) in [5.74, 6) is 0.965. The van der Waals surface area contributed by atoms with Crippen LogP contribution in [-0.2, 0) is 13.0 Å². The van der Waals surface area contributed by atoms with E-state index >= 15 is 0 Å². The Balaban J connectivity index is 1.58. The largest absolute Gasteiger partial charge is 0.496 e. The highest BCUT2D eigenvalue weighted by atomic mass is 16.5. The number of rotatable bonds is 6. The molecule has 0 saturated carbocycles. The molecule has 0 unspecified atom stereocenters. The highest BCUT2D eigenvalue weighted by Gasteiger charge is 2.03. The van der Waals surface area contributed by atoms with Crippen molar-refractivity contribution in [3.63, 3.8) is 0 Å². The molecule has 0 bridgehead atoms. The van der Waals surface area contributed by atoms with Gasteiger partial charge in [0.05, 0.1) is 7.11 Å². The van der Waals surface area contributed by atoms with Gasteiger partial charge in [-0.15, -0.1) is 0 Å². The molecule has 108 valence electrons. The molecule has 3 nitrogen and oxygen atoms in total. The van der Waals surface area contributed by atoms with Crippen LogP contribution in [0.5, 0.6) is 5.75 Å². The lowest BCUT2D eigenvalue weighted by atomic mass is 10.1. The van der Waals surface area contributed by atoms with E-state index in [4.69, 9.17) is 4.74 Å². The number of nitrogens with one attached hydrogen (secondary N) is 2. The van der Waals surface area contributed by atoms with Gasteiger partial charge in [0.15, 0.2) is 0 Å². The monoisotopic (exact) mass is 280 g/mol. The number of fused-ring (bicyclic) bond motifs is 1. The molecule has 0 aliphatic rings. The maximum atomic E-state index is 5.38. The summed E-state index contributed by atoms with van der Waals surface area (Å²) in [4.78, 5) is 3.25. The minimum absolute atomic E-state index is 0.879. The first-order valence-electron chi connectivity index (χ1n) is 7.26. The lowest BCUT2D eigenvalue weighted by molar-refractivity contribution is 0.409. The molecule has 1 heterocycles. The molecular formula is C18H20N2O. The standard InChI is InChI=1S/C18H20N2O/c1-21-18-8-3-2-5-14(18)9-11-19-13-15-6-4-7-17-16(15)10-12-20-17/h2-8,10,12,19-20H,9,11,13H2,1H3. The first-order valence-corrected chi connectivity index (χ1v) is 7.26. The molecular weight excluding hydrogens is 260 g/mol. The van der Waals surface area contributed by atoms with Crippen LogP contribution in [0.2, 0.25) is 0 Å². The van der Waals surface area contributed by atoms with Crippen molar-refractivity contribution in [2.75, 3.05) is 13.7 Å². The lowest BCUT2D eigenvalue weighted by Crippen LogP contribution is -2.17. The van der Waals surface area contributed by atoms with Gasteiger partial charge < -0.3 is 15.0 Å². The van der Waals surface area contributed by atoms with Crippen LogP contribution in [0.15, 0.2) is 54.7 Å². The SMILES string of the molecule is COc1ccccc1CCNCc1cccc2[nH]ccc12. The van der Waals surface area contributed by atoms with Crippen LogP contribution < -0.4 is 10.1 Å². The molecule has 3 aromatic rings. The van der Waals surface area contributed by atoms with E-state index in [9.17, 15) is 0 Å². The summed E-state index contributed by atoms with van der Waals surface area (Å²) in [6.45, 7) is 1.81. The number of H-pyrrole nitrogens is 1. The van der Waals surface area contributed by atoms with Crippen molar-refractivity contribution in [3.05, 3.63) is 65.9 Å². The van der Waals surface area contributed by atoms with Crippen molar-refractivity contribution in [2.24, 2.45) is 0 Å². The van der Waals surface area contributed by atoms with E-state index in [2.05, 4.69) is 46.7 Å². The van der Waals surface area contributed by atoms with Gasteiger partial charge >= 0.3 is 0 Å². The quantitative estimate of drug-likeness (QED) is 0.678. The van der Waals surface area contributed by atoms with Crippen LogP contribution in [0, 0.1) is 0 Å². The average molecular weight is 280 g/mol. The number of para-hydroxylation sites is 1. The molecule has 3 rings (SSSR count). The molecule has 2 aromatic carbocycles. The van der Waals surface area contributed by atoms with Crippen LogP contribution in [0.1, 0.15) is 11.1 Å². The van der Waals surface area contributed by atoms with Crippen LogP contribution in [0.3, 0.4) is 0 Å². The van der Waals surface area contributed by atoms with Gasteiger partial charge in [-0.05, 0) is 42.3 Å². The molecule has 0 fully saturated rings. The maximum absolute atomic E-state index is 5.38. The zero-order valence-corrected chi connectivity index (χ0v) is 12.2. The van der Waals surface area contributed by atoms with Gasteiger partial charge in [-0.2, -0.15) is 0 Å². The van der Waals surface area contributed by atoms with Crippen molar-refractivity contribution in [1.29, 1.82) is 0 Å². The Hall–Kier alpha value is -2.26. The zero-order chi connectivity index (χ0) is 14.5.